The molecule has 1 saturated heterocycles. The van der Waals surface area contributed by atoms with Crippen molar-refractivity contribution in [3.05, 3.63) is 34.9 Å². The van der Waals surface area contributed by atoms with Crippen LogP contribution in [-0.4, -0.2) is 31.5 Å². The summed E-state index contributed by atoms with van der Waals surface area (Å²) in [6.07, 6.45) is 2.92. The molecule has 1 aromatic rings. The summed E-state index contributed by atoms with van der Waals surface area (Å²) in [4.78, 5) is 11.8. The van der Waals surface area contributed by atoms with Gasteiger partial charge in [-0.25, -0.2) is 0 Å². The topological polar surface area (TPSA) is 47.6 Å². The van der Waals surface area contributed by atoms with Crippen LogP contribution in [0.2, 0.25) is 5.02 Å². The molecule has 1 N–H and O–H groups in total. The Morgan fingerprint density at radius 1 is 1.29 bits per heavy atom. The van der Waals surface area contributed by atoms with E-state index in [1.807, 2.05) is 31.2 Å². The third-order valence-corrected chi connectivity index (χ3v) is 3.83. The SMILES string of the molecule is CC1(CCNC(=O)CCCc2ccc(Cl)cc2)OCCO1. The molecular weight excluding hydrogens is 290 g/mol. The van der Waals surface area contributed by atoms with Crippen LogP contribution < -0.4 is 5.32 Å². The number of hydrogen-bond acceptors (Lipinski definition) is 3. The molecule has 1 aliphatic rings. The van der Waals surface area contributed by atoms with Gasteiger partial charge in [-0.1, -0.05) is 23.7 Å². The van der Waals surface area contributed by atoms with Gasteiger partial charge in [-0.3, -0.25) is 4.79 Å². The number of carbonyl (C=O) groups excluding carboxylic acids is 1. The molecule has 0 aromatic heterocycles. The second kappa shape index (κ2) is 7.78. The van der Waals surface area contributed by atoms with Gasteiger partial charge in [0.05, 0.1) is 13.2 Å². The smallest absolute Gasteiger partial charge is 0.220 e. The molecule has 0 atom stereocenters. The first-order chi connectivity index (χ1) is 10.1. The quantitative estimate of drug-likeness (QED) is 0.842. The van der Waals surface area contributed by atoms with Crippen molar-refractivity contribution >= 4 is 17.5 Å². The van der Waals surface area contributed by atoms with Gasteiger partial charge in [-0.15, -0.1) is 0 Å². The van der Waals surface area contributed by atoms with Crippen molar-refractivity contribution in [2.75, 3.05) is 19.8 Å². The first kappa shape index (κ1) is 16.3. The maximum atomic E-state index is 11.8. The lowest BCUT2D eigenvalue weighted by molar-refractivity contribution is -0.146. The van der Waals surface area contributed by atoms with E-state index in [4.69, 9.17) is 21.1 Å². The molecular formula is C16H22ClNO3. The molecule has 0 saturated carbocycles. The third kappa shape index (κ3) is 5.65. The van der Waals surface area contributed by atoms with E-state index in [0.29, 0.717) is 32.6 Å². The van der Waals surface area contributed by atoms with E-state index < -0.39 is 5.79 Å². The molecule has 0 spiro atoms. The van der Waals surface area contributed by atoms with Gasteiger partial charge in [-0.05, 0) is 37.5 Å². The maximum absolute atomic E-state index is 11.8. The van der Waals surface area contributed by atoms with Crippen molar-refractivity contribution in [2.45, 2.75) is 38.4 Å². The molecule has 5 heteroatoms. The van der Waals surface area contributed by atoms with Crippen LogP contribution in [0.25, 0.3) is 0 Å². The molecule has 4 nitrogen and oxygen atoms in total. The van der Waals surface area contributed by atoms with Crippen molar-refractivity contribution < 1.29 is 14.3 Å². The maximum Gasteiger partial charge on any atom is 0.220 e. The van der Waals surface area contributed by atoms with Crippen LogP contribution in [0.3, 0.4) is 0 Å². The average molecular weight is 312 g/mol. The molecule has 0 bridgehead atoms. The molecule has 1 heterocycles. The lowest BCUT2D eigenvalue weighted by Gasteiger charge is -2.22. The standard InChI is InChI=1S/C16H22ClNO3/c1-16(20-11-12-21-16)9-10-18-15(19)4-2-3-13-5-7-14(17)8-6-13/h5-8H,2-4,9-12H2,1H3,(H,18,19). The van der Waals surface area contributed by atoms with E-state index in [1.54, 1.807) is 0 Å². The predicted molar refractivity (Wildman–Crippen MR) is 82.3 cm³/mol. The average Bonchev–Trinajstić information content (AvgIpc) is 2.88. The van der Waals surface area contributed by atoms with Gasteiger partial charge >= 0.3 is 0 Å². The second-order valence-corrected chi connectivity index (χ2v) is 5.85. The molecule has 1 aromatic carbocycles. The fourth-order valence-electron chi connectivity index (χ4n) is 2.32. The Hall–Kier alpha value is -1.10. The molecule has 0 radical (unpaired) electrons. The van der Waals surface area contributed by atoms with Gasteiger partial charge in [0, 0.05) is 24.4 Å². The Balaban J connectivity index is 1.58. The minimum absolute atomic E-state index is 0.0746. The van der Waals surface area contributed by atoms with Crippen molar-refractivity contribution in [1.82, 2.24) is 5.32 Å². The zero-order valence-electron chi connectivity index (χ0n) is 12.4. The number of rotatable bonds is 7. The highest BCUT2D eigenvalue weighted by Gasteiger charge is 2.30. The molecule has 1 amide bonds. The Morgan fingerprint density at radius 3 is 2.62 bits per heavy atom. The summed E-state index contributed by atoms with van der Waals surface area (Å²) >= 11 is 5.83. The summed E-state index contributed by atoms with van der Waals surface area (Å²) in [5.41, 5.74) is 1.20. The van der Waals surface area contributed by atoms with Crippen molar-refractivity contribution in [3.8, 4) is 0 Å². The van der Waals surface area contributed by atoms with E-state index in [9.17, 15) is 4.79 Å². The van der Waals surface area contributed by atoms with Crippen LogP contribution in [0.1, 0.15) is 31.7 Å². The van der Waals surface area contributed by atoms with Gasteiger partial charge < -0.3 is 14.8 Å². The number of benzene rings is 1. The molecule has 1 fully saturated rings. The molecule has 1 aliphatic heterocycles. The molecule has 21 heavy (non-hydrogen) atoms. The minimum atomic E-state index is -0.531. The van der Waals surface area contributed by atoms with Gasteiger partial charge in [0.15, 0.2) is 5.79 Å². The van der Waals surface area contributed by atoms with Gasteiger partial charge in [-0.2, -0.15) is 0 Å². The van der Waals surface area contributed by atoms with Crippen LogP contribution in [0.15, 0.2) is 24.3 Å². The van der Waals surface area contributed by atoms with E-state index in [2.05, 4.69) is 5.32 Å². The van der Waals surface area contributed by atoms with Crippen molar-refractivity contribution in [2.24, 2.45) is 0 Å². The highest BCUT2D eigenvalue weighted by atomic mass is 35.5. The number of aryl methyl sites for hydroxylation is 1. The van der Waals surface area contributed by atoms with E-state index in [1.165, 1.54) is 5.56 Å². The van der Waals surface area contributed by atoms with Crippen LogP contribution >= 0.6 is 11.6 Å². The Kier molecular flexibility index (Phi) is 6.03. The predicted octanol–water partition coefficient (Wildman–Crippen LogP) is 2.93. The summed E-state index contributed by atoms with van der Waals surface area (Å²) < 4.78 is 11.0. The molecule has 0 aliphatic carbocycles. The second-order valence-electron chi connectivity index (χ2n) is 5.41. The van der Waals surface area contributed by atoms with Gasteiger partial charge in [0.2, 0.25) is 5.91 Å². The van der Waals surface area contributed by atoms with Crippen LogP contribution in [0, 0.1) is 0 Å². The zero-order valence-corrected chi connectivity index (χ0v) is 13.1. The normalized spacial score (nSPS) is 16.9. The number of ether oxygens (including phenoxy) is 2. The lowest BCUT2D eigenvalue weighted by Crippen LogP contribution is -2.33. The molecule has 0 unspecified atom stereocenters. The van der Waals surface area contributed by atoms with Crippen LogP contribution in [0.5, 0.6) is 0 Å². The summed E-state index contributed by atoms with van der Waals surface area (Å²) in [5, 5.41) is 3.65. The summed E-state index contributed by atoms with van der Waals surface area (Å²) in [5.74, 6) is -0.457. The lowest BCUT2D eigenvalue weighted by atomic mass is 10.1. The van der Waals surface area contributed by atoms with Crippen LogP contribution in [-0.2, 0) is 20.7 Å². The molecule has 116 valence electrons. The minimum Gasteiger partial charge on any atom is -0.356 e. The van der Waals surface area contributed by atoms with Crippen molar-refractivity contribution in [3.63, 3.8) is 0 Å². The number of nitrogens with one attached hydrogen (secondary N) is 1. The zero-order chi connectivity index (χ0) is 15.1. The first-order valence-electron chi connectivity index (χ1n) is 7.36. The summed E-state index contributed by atoms with van der Waals surface area (Å²) in [6.45, 7) is 3.75. The van der Waals surface area contributed by atoms with Gasteiger partial charge in [0.1, 0.15) is 0 Å². The van der Waals surface area contributed by atoms with Crippen LogP contribution in [0.4, 0.5) is 0 Å². The fourth-order valence-corrected chi connectivity index (χ4v) is 2.45. The fraction of sp³-hybridized carbons (Fsp3) is 0.562. The summed E-state index contributed by atoms with van der Waals surface area (Å²) in [6, 6.07) is 7.74. The summed E-state index contributed by atoms with van der Waals surface area (Å²) in [7, 11) is 0. The van der Waals surface area contributed by atoms with Gasteiger partial charge in [0.25, 0.3) is 0 Å². The van der Waals surface area contributed by atoms with Crippen molar-refractivity contribution in [1.29, 1.82) is 0 Å². The first-order valence-corrected chi connectivity index (χ1v) is 7.74. The highest BCUT2D eigenvalue weighted by molar-refractivity contribution is 6.30. The monoisotopic (exact) mass is 311 g/mol. The van der Waals surface area contributed by atoms with E-state index in [0.717, 1.165) is 17.9 Å². The third-order valence-electron chi connectivity index (χ3n) is 3.58. The Labute approximate surface area is 130 Å². The number of amides is 1. The highest BCUT2D eigenvalue weighted by Crippen LogP contribution is 2.21. The Bertz CT molecular complexity index is 455. The Morgan fingerprint density at radius 2 is 1.95 bits per heavy atom. The molecule has 2 rings (SSSR count). The van der Waals surface area contributed by atoms with E-state index in [-0.39, 0.29) is 5.91 Å². The number of carbonyl (C=O) groups is 1. The number of halogens is 1. The van der Waals surface area contributed by atoms with E-state index >= 15 is 0 Å². The largest absolute Gasteiger partial charge is 0.356 e. The number of hydrogen-bond donors (Lipinski definition) is 1.